The molecule has 0 radical (unpaired) electrons. The molecule has 0 spiro atoms. The minimum absolute atomic E-state index is 0.182. The molecule has 0 aliphatic rings. The molecule has 0 bridgehead atoms. The molecule has 1 heterocycles. The summed E-state index contributed by atoms with van der Waals surface area (Å²) in [4.78, 5) is 8.38. The smallest absolute Gasteiger partial charge is 0.144 e. The third kappa shape index (κ3) is 2.57. The lowest BCUT2D eigenvalue weighted by atomic mass is 10.1. The van der Waals surface area contributed by atoms with Crippen molar-refractivity contribution in [2.45, 2.75) is 13.0 Å². The molecule has 17 heavy (non-hydrogen) atoms. The first-order valence-corrected chi connectivity index (χ1v) is 5.87. The van der Waals surface area contributed by atoms with Crippen LogP contribution in [0.15, 0.2) is 30.6 Å². The van der Waals surface area contributed by atoms with E-state index in [1.807, 2.05) is 19.1 Å². The Bertz CT molecular complexity index is 524. The van der Waals surface area contributed by atoms with Crippen LogP contribution in [0.1, 0.15) is 18.8 Å². The Balaban J connectivity index is 2.43. The summed E-state index contributed by atoms with van der Waals surface area (Å²) in [5.74, 6) is 0.604. The Morgan fingerprint density at radius 1 is 1.18 bits per heavy atom. The number of halogens is 2. The van der Waals surface area contributed by atoms with Crippen molar-refractivity contribution in [3.63, 3.8) is 0 Å². The maximum Gasteiger partial charge on any atom is 0.144 e. The number of nitrogens with two attached hydrogens (primary N) is 1. The zero-order valence-electron chi connectivity index (χ0n) is 9.19. The molecular weight excluding hydrogens is 257 g/mol. The summed E-state index contributed by atoms with van der Waals surface area (Å²) in [5, 5.41) is 1.02. The Labute approximate surface area is 110 Å². The van der Waals surface area contributed by atoms with Gasteiger partial charge in [0.15, 0.2) is 0 Å². The fourth-order valence-corrected chi connectivity index (χ4v) is 1.85. The van der Waals surface area contributed by atoms with Crippen LogP contribution in [0.3, 0.4) is 0 Å². The molecule has 1 atom stereocenters. The maximum absolute atomic E-state index is 6.12. The zero-order valence-corrected chi connectivity index (χ0v) is 10.7. The van der Waals surface area contributed by atoms with Gasteiger partial charge in [-0.1, -0.05) is 35.3 Å². The van der Waals surface area contributed by atoms with E-state index >= 15 is 0 Å². The van der Waals surface area contributed by atoms with Crippen LogP contribution >= 0.6 is 23.2 Å². The van der Waals surface area contributed by atoms with Gasteiger partial charge in [-0.05, 0) is 13.0 Å². The molecule has 3 nitrogen and oxygen atoms in total. The molecule has 88 valence electrons. The molecule has 0 amide bonds. The minimum Gasteiger partial charge on any atom is -0.322 e. The van der Waals surface area contributed by atoms with Crippen LogP contribution in [0, 0.1) is 0 Å². The molecule has 0 saturated carbocycles. The number of hydrogen-bond acceptors (Lipinski definition) is 3. The van der Waals surface area contributed by atoms with Crippen LogP contribution in [0.5, 0.6) is 0 Å². The largest absolute Gasteiger partial charge is 0.322 e. The predicted molar refractivity (Wildman–Crippen MR) is 70.1 cm³/mol. The van der Waals surface area contributed by atoms with Gasteiger partial charge in [0.2, 0.25) is 0 Å². The predicted octanol–water partition coefficient (Wildman–Crippen LogP) is 3.47. The van der Waals surface area contributed by atoms with Gasteiger partial charge in [-0.15, -0.1) is 0 Å². The van der Waals surface area contributed by atoms with Gasteiger partial charge in [-0.25, -0.2) is 9.97 Å². The highest BCUT2D eigenvalue weighted by Crippen LogP contribution is 2.32. The van der Waals surface area contributed by atoms with Gasteiger partial charge in [-0.3, -0.25) is 0 Å². The van der Waals surface area contributed by atoms with Crippen molar-refractivity contribution in [2.75, 3.05) is 0 Å². The highest BCUT2D eigenvalue weighted by Gasteiger charge is 2.08. The van der Waals surface area contributed by atoms with Crippen LogP contribution in [0.2, 0.25) is 10.0 Å². The van der Waals surface area contributed by atoms with Crippen LogP contribution < -0.4 is 5.73 Å². The number of benzene rings is 1. The van der Waals surface area contributed by atoms with Crippen LogP contribution in [-0.2, 0) is 0 Å². The molecular formula is C12H11Cl2N3. The van der Waals surface area contributed by atoms with E-state index in [9.17, 15) is 0 Å². The SMILES string of the molecule is CC(N)c1ncc(-c2cccc(Cl)c2Cl)cn1. The molecule has 2 rings (SSSR count). The number of hydrogen-bond donors (Lipinski definition) is 1. The second-order valence-corrected chi connectivity index (χ2v) is 4.51. The summed E-state index contributed by atoms with van der Waals surface area (Å²) in [6.45, 7) is 1.83. The van der Waals surface area contributed by atoms with Crippen molar-refractivity contribution in [1.82, 2.24) is 9.97 Å². The lowest BCUT2D eigenvalue weighted by Crippen LogP contribution is -2.09. The van der Waals surface area contributed by atoms with E-state index in [0.29, 0.717) is 15.9 Å². The first kappa shape index (κ1) is 12.3. The Kier molecular flexibility index (Phi) is 3.62. The second kappa shape index (κ2) is 5.00. The molecule has 2 N–H and O–H groups in total. The van der Waals surface area contributed by atoms with Crippen molar-refractivity contribution in [2.24, 2.45) is 5.73 Å². The van der Waals surface area contributed by atoms with Gasteiger partial charge < -0.3 is 5.73 Å². The Morgan fingerprint density at radius 3 is 2.41 bits per heavy atom. The van der Waals surface area contributed by atoms with E-state index < -0.39 is 0 Å². The fraction of sp³-hybridized carbons (Fsp3) is 0.167. The average Bonchev–Trinajstić information content (AvgIpc) is 2.33. The molecule has 5 heteroatoms. The maximum atomic E-state index is 6.12. The summed E-state index contributed by atoms with van der Waals surface area (Å²) in [7, 11) is 0. The lowest BCUT2D eigenvalue weighted by molar-refractivity contribution is 0.739. The summed E-state index contributed by atoms with van der Waals surface area (Å²) >= 11 is 12.1. The van der Waals surface area contributed by atoms with Gasteiger partial charge >= 0.3 is 0 Å². The quantitative estimate of drug-likeness (QED) is 0.907. The number of aromatic nitrogens is 2. The van der Waals surface area contributed by atoms with Crippen molar-refractivity contribution in [3.05, 3.63) is 46.5 Å². The van der Waals surface area contributed by atoms with Crippen LogP contribution in [0.4, 0.5) is 0 Å². The standard InChI is InChI=1S/C12H11Cl2N3/c1-7(15)12-16-5-8(6-17-12)9-3-2-4-10(13)11(9)14/h2-7H,15H2,1H3. The Morgan fingerprint density at radius 2 is 1.82 bits per heavy atom. The Hall–Kier alpha value is -1.16. The zero-order chi connectivity index (χ0) is 12.4. The lowest BCUT2D eigenvalue weighted by Gasteiger charge is -2.07. The number of nitrogens with zero attached hydrogens (tertiary/aromatic N) is 2. The van der Waals surface area contributed by atoms with Gasteiger partial charge in [0.1, 0.15) is 5.82 Å². The number of rotatable bonds is 2. The van der Waals surface area contributed by atoms with E-state index in [4.69, 9.17) is 28.9 Å². The van der Waals surface area contributed by atoms with Gasteiger partial charge in [0.25, 0.3) is 0 Å². The van der Waals surface area contributed by atoms with E-state index in [1.165, 1.54) is 0 Å². The summed E-state index contributed by atoms with van der Waals surface area (Å²) in [5.41, 5.74) is 7.32. The highest BCUT2D eigenvalue weighted by molar-refractivity contribution is 6.43. The molecule has 1 unspecified atom stereocenters. The van der Waals surface area contributed by atoms with Crippen molar-refractivity contribution in [1.29, 1.82) is 0 Å². The van der Waals surface area contributed by atoms with Crippen molar-refractivity contribution >= 4 is 23.2 Å². The van der Waals surface area contributed by atoms with Gasteiger partial charge in [0, 0.05) is 23.5 Å². The van der Waals surface area contributed by atoms with Gasteiger partial charge in [-0.2, -0.15) is 0 Å². The first-order chi connectivity index (χ1) is 8.09. The summed E-state index contributed by atoms with van der Waals surface area (Å²) < 4.78 is 0. The van der Waals surface area contributed by atoms with Crippen LogP contribution in [-0.4, -0.2) is 9.97 Å². The second-order valence-electron chi connectivity index (χ2n) is 3.72. The van der Waals surface area contributed by atoms with Crippen LogP contribution in [0.25, 0.3) is 11.1 Å². The highest BCUT2D eigenvalue weighted by atomic mass is 35.5. The first-order valence-electron chi connectivity index (χ1n) is 5.11. The molecule has 0 aliphatic carbocycles. The van der Waals surface area contributed by atoms with E-state index in [0.717, 1.165) is 11.1 Å². The topological polar surface area (TPSA) is 51.8 Å². The van der Waals surface area contributed by atoms with E-state index in [-0.39, 0.29) is 6.04 Å². The molecule has 1 aromatic heterocycles. The monoisotopic (exact) mass is 267 g/mol. The fourth-order valence-electron chi connectivity index (χ4n) is 1.44. The van der Waals surface area contributed by atoms with Gasteiger partial charge in [0.05, 0.1) is 16.1 Å². The summed E-state index contributed by atoms with van der Waals surface area (Å²) in [6, 6.07) is 5.27. The van der Waals surface area contributed by atoms with E-state index in [2.05, 4.69) is 9.97 Å². The molecule has 0 saturated heterocycles. The van der Waals surface area contributed by atoms with Crippen molar-refractivity contribution < 1.29 is 0 Å². The third-order valence-electron chi connectivity index (χ3n) is 2.34. The summed E-state index contributed by atoms with van der Waals surface area (Å²) in [6.07, 6.45) is 3.40. The molecule has 0 aliphatic heterocycles. The van der Waals surface area contributed by atoms with E-state index in [1.54, 1.807) is 18.5 Å². The third-order valence-corrected chi connectivity index (χ3v) is 3.16. The molecule has 2 aromatic rings. The molecule has 0 fully saturated rings. The normalized spacial score (nSPS) is 12.5. The molecule has 1 aromatic carbocycles. The minimum atomic E-state index is -0.182. The average molecular weight is 268 g/mol. The van der Waals surface area contributed by atoms with Crippen molar-refractivity contribution in [3.8, 4) is 11.1 Å².